The molecule has 1 aromatic heterocycles. The normalized spacial score (nSPS) is 11.3. The third kappa shape index (κ3) is 5.56. The SMILES string of the molecule is CCOC(=O)CCS(=O)(=O)NCc1cc(C(=O)O)c(C)o1. The lowest BCUT2D eigenvalue weighted by molar-refractivity contribution is -0.142. The number of esters is 1. The van der Waals surface area contributed by atoms with Crippen molar-refractivity contribution < 1.29 is 32.3 Å². The lowest BCUT2D eigenvalue weighted by Crippen LogP contribution is -2.27. The van der Waals surface area contributed by atoms with Crippen LogP contribution >= 0.6 is 0 Å². The Hall–Kier alpha value is -1.87. The van der Waals surface area contributed by atoms with Crippen molar-refractivity contribution in [2.45, 2.75) is 26.8 Å². The number of ether oxygens (including phenoxy) is 1. The third-order valence-electron chi connectivity index (χ3n) is 2.55. The number of aromatic carboxylic acids is 1. The van der Waals surface area contributed by atoms with E-state index < -0.39 is 27.7 Å². The average Bonchev–Trinajstić information content (AvgIpc) is 2.76. The lowest BCUT2D eigenvalue weighted by atomic mass is 10.2. The van der Waals surface area contributed by atoms with E-state index in [1.54, 1.807) is 6.92 Å². The first-order chi connectivity index (χ1) is 9.75. The van der Waals surface area contributed by atoms with Gasteiger partial charge < -0.3 is 14.3 Å². The minimum Gasteiger partial charge on any atom is -0.478 e. The number of hydrogen-bond donors (Lipinski definition) is 2. The summed E-state index contributed by atoms with van der Waals surface area (Å²) in [5.41, 5.74) is -0.0179. The predicted molar refractivity (Wildman–Crippen MR) is 72.3 cm³/mol. The van der Waals surface area contributed by atoms with Crippen molar-refractivity contribution in [2.75, 3.05) is 12.4 Å². The smallest absolute Gasteiger partial charge is 0.339 e. The van der Waals surface area contributed by atoms with Crippen molar-refractivity contribution in [1.82, 2.24) is 4.72 Å². The van der Waals surface area contributed by atoms with Gasteiger partial charge in [0.25, 0.3) is 0 Å². The summed E-state index contributed by atoms with van der Waals surface area (Å²) in [6.45, 7) is 3.11. The summed E-state index contributed by atoms with van der Waals surface area (Å²) >= 11 is 0. The molecule has 2 N–H and O–H groups in total. The van der Waals surface area contributed by atoms with Crippen LogP contribution in [0.25, 0.3) is 0 Å². The Morgan fingerprint density at radius 3 is 2.62 bits per heavy atom. The number of furan rings is 1. The van der Waals surface area contributed by atoms with E-state index in [2.05, 4.69) is 9.46 Å². The van der Waals surface area contributed by atoms with Gasteiger partial charge in [0, 0.05) is 0 Å². The Bertz CT molecular complexity index is 618. The van der Waals surface area contributed by atoms with Crippen LogP contribution in [-0.4, -0.2) is 37.8 Å². The zero-order valence-electron chi connectivity index (χ0n) is 11.7. The van der Waals surface area contributed by atoms with Crippen molar-refractivity contribution in [3.05, 3.63) is 23.2 Å². The quantitative estimate of drug-likeness (QED) is 0.675. The molecule has 0 spiro atoms. The van der Waals surface area contributed by atoms with Gasteiger partial charge in [-0.25, -0.2) is 17.9 Å². The highest BCUT2D eigenvalue weighted by Crippen LogP contribution is 2.14. The fraction of sp³-hybridized carbons (Fsp3) is 0.500. The average molecular weight is 319 g/mol. The maximum absolute atomic E-state index is 11.7. The van der Waals surface area contributed by atoms with Crippen LogP contribution in [0.2, 0.25) is 0 Å². The van der Waals surface area contributed by atoms with E-state index in [0.29, 0.717) is 0 Å². The number of rotatable bonds is 8. The number of carbonyl (C=O) groups excluding carboxylic acids is 1. The second-order valence-electron chi connectivity index (χ2n) is 4.18. The molecule has 0 amide bonds. The van der Waals surface area contributed by atoms with Gasteiger partial charge in [-0.2, -0.15) is 0 Å². The van der Waals surface area contributed by atoms with Gasteiger partial charge in [0.2, 0.25) is 10.0 Å². The first-order valence-corrected chi connectivity index (χ1v) is 7.86. The van der Waals surface area contributed by atoms with Gasteiger partial charge in [0.15, 0.2) is 0 Å². The number of sulfonamides is 1. The number of hydrogen-bond acceptors (Lipinski definition) is 6. The fourth-order valence-corrected chi connectivity index (χ4v) is 2.49. The van der Waals surface area contributed by atoms with E-state index in [4.69, 9.17) is 9.52 Å². The van der Waals surface area contributed by atoms with Crippen LogP contribution in [0.1, 0.15) is 35.2 Å². The summed E-state index contributed by atoms with van der Waals surface area (Å²) in [6.07, 6.45) is -0.249. The molecule has 0 saturated heterocycles. The standard InChI is InChI=1S/C12H17NO7S/c1-3-19-11(14)4-5-21(17,18)13-7-9-6-10(12(15)16)8(2)20-9/h6,13H,3-5,7H2,1-2H3,(H,15,16). The van der Waals surface area contributed by atoms with Crippen LogP contribution in [0, 0.1) is 6.92 Å². The van der Waals surface area contributed by atoms with Crippen LogP contribution in [0.5, 0.6) is 0 Å². The molecule has 0 aromatic carbocycles. The molecule has 0 fully saturated rings. The number of carbonyl (C=O) groups is 2. The molecule has 0 unspecified atom stereocenters. The molecule has 0 aliphatic rings. The zero-order chi connectivity index (χ0) is 16.0. The van der Waals surface area contributed by atoms with Crippen molar-refractivity contribution in [3.63, 3.8) is 0 Å². The highest BCUT2D eigenvalue weighted by molar-refractivity contribution is 7.89. The maximum atomic E-state index is 11.7. The first kappa shape index (κ1) is 17.2. The molecular formula is C12H17NO7S. The van der Waals surface area contributed by atoms with E-state index >= 15 is 0 Å². The van der Waals surface area contributed by atoms with Crippen LogP contribution in [0.3, 0.4) is 0 Å². The molecule has 21 heavy (non-hydrogen) atoms. The molecule has 0 aliphatic heterocycles. The van der Waals surface area contributed by atoms with Gasteiger partial charge in [-0.1, -0.05) is 0 Å². The highest BCUT2D eigenvalue weighted by atomic mass is 32.2. The molecule has 0 atom stereocenters. The molecule has 0 aliphatic carbocycles. The molecule has 118 valence electrons. The molecule has 1 heterocycles. The predicted octanol–water partition coefficient (Wildman–Crippen LogP) is 0.659. The number of aryl methyl sites for hydroxylation is 1. The Morgan fingerprint density at radius 2 is 2.10 bits per heavy atom. The van der Waals surface area contributed by atoms with Gasteiger partial charge in [0.05, 0.1) is 25.3 Å². The van der Waals surface area contributed by atoms with E-state index in [9.17, 15) is 18.0 Å². The summed E-state index contributed by atoms with van der Waals surface area (Å²) in [4.78, 5) is 21.9. The second-order valence-corrected chi connectivity index (χ2v) is 6.11. The second kappa shape index (κ2) is 7.23. The molecule has 0 saturated carbocycles. The van der Waals surface area contributed by atoms with Gasteiger partial charge in [-0.15, -0.1) is 0 Å². The van der Waals surface area contributed by atoms with Crippen LogP contribution in [-0.2, 0) is 26.1 Å². The van der Waals surface area contributed by atoms with Crippen LogP contribution in [0.4, 0.5) is 0 Å². The summed E-state index contributed by atoms with van der Waals surface area (Å²) in [5.74, 6) is -1.76. The Kier molecular flexibility index (Phi) is 5.91. The van der Waals surface area contributed by atoms with Gasteiger partial charge in [-0.3, -0.25) is 4.79 Å². The molecular weight excluding hydrogens is 302 g/mol. The summed E-state index contributed by atoms with van der Waals surface area (Å²) in [5, 5.41) is 8.85. The molecule has 9 heteroatoms. The minimum atomic E-state index is -3.68. The Morgan fingerprint density at radius 1 is 1.43 bits per heavy atom. The van der Waals surface area contributed by atoms with Gasteiger partial charge >= 0.3 is 11.9 Å². The van der Waals surface area contributed by atoms with Crippen LogP contribution < -0.4 is 4.72 Å². The zero-order valence-corrected chi connectivity index (χ0v) is 12.5. The molecule has 1 rings (SSSR count). The first-order valence-electron chi connectivity index (χ1n) is 6.20. The third-order valence-corrected chi connectivity index (χ3v) is 3.87. The largest absolute Gasteiger partial charge is 0.478 e. The van der Waals surface area contributed by atoms with E-state index in [0.717, 1.165) is 0 Å². The topological polar surface area (TPSA) is 123 Å². The van der Waals surface area contributed by atoms with E-state index in [-0.39, 0.29) is 36.7 Å². The fourth-order valence-electron chi connectivity index (χ4n) is 1.55. The van der Waals surface area contributed by atoms with E-state index in [1.165, 1.54) is 13.0 Å². The summed E-state index contributed by atoms with van der Waals surface area (Å²) < 4.78 is 35.3. The number of carboxylic acids is 1. The molecule has 8 nitrogen and oxygen atoms in total. The minimum absolute atomic E-state index is 0.0179. The number of nitrogens with one attached hydrogen (secondary N) is 1. The van der Waals surface area contributed by atoms with Crippen molar-refractivity contribution >= 4 is 22.0 Å². The van der Waals surface area contributed by atoms with Gasteiger partial charge in [-0.05, 0) is 19.9 Å². The van der Waals surface area contributed by atoms with Crippen molar-refractivity contribution in [3.8, 4) is 0 Å². The van der Waals surface area contributed by atoms with Crippen molar-refractivity contribution in [2.24, 2.45) is 0 Å². The van der Waals surface area contributed by atoms with Crippen molar-refractivity contribution in [1.29, 1.82) is 0 Å². The van der Waals surface area contributed by atoms with Crippen LogP contribution in [0.15, 0.2) is 10.5 Å². The molecule has 0 radical (unpaired) electrons. The molecule has 1 aromatic rings. The molecule has 0 bridgehead atoms. The monoisotopic (exact) mass is 319 g/mol. The summed E-state index contributed by atoms with van der Waals surface area (Å²) in [6, 6.07) is 1.26. The summed E-state index contributed by atoms with van der Waals surface area (Å²) in [7, 11) is -3.68. The maximum Gasteiger partial charge on any atom is 0.339 e. The van der Waals surface area contributed by atoms with E-state index in [1.807, 2.05) is 0 Å². The Balaban J connectivity index is 2.55. The number of carboxylic acid groups (broad SMARTS) is 1. The van der Waals surface area contributed by atoms with Gasteiger partial charge in [0.1, 0.15) is 17.1 Å². The lowest BCUT2D eigenvalue weighted by Gasteiger charge is -2.05. The Labute approximate surface area is 122 Å². The highest BCUT2D eigenvalue weighted by Gasteiger charge is 2.17.